The van der Waals surface area contributed by atoms with Crippen molar-refractivity contribution in [1.29, 1.82) is 0 Å². The van der Waals surface area contributed by atoms with Gasteiger partial charge in [-0.25, -0.2) is 0 Å². The Morgan fingerprint density at radius 1 is 1.43 bits per heavy atom. The lowest BCUT2D eigenvalue weighted by atomic mass is 10.1. The number of ether oxygens (including phenoxy) is 1. The Balaban J connectivity index is 2.13. The van der Waals surface area contributed by atoms with Crippen molar-refractivity contribution in [2.45, 2.75) is 32.0 Å². The minimum absolute atomic E-state index is 0.657. The van der Waals surface area contributed by atoms with Gasteiger partial charge in [-0.2, -0.15) is 0 Å². The fraction of sp³-hybridized carbons (Fsp3) is 1.00. The fourth-order valence-electron chi connectivity index (χ4n) is 1.58. The molecule has 0 radical (unpaired) electrons. The van der Waals surface area contributed by atoms with E-state index in [0.29, 0.717) is 12.2 Å². The summed E-state index contributed by atoms with van der Waals surface area (Å²) in [4.78, 5) is 0. The highest BCUT2D eigenvalue weighted by atomic mass is 16.5. The molecule has 3 aliphatic rings. The number of fused-ring (bicyclic) bond motifs is 1. The van der Waals surface area contributed by atoms with Gasteiger partial charge in [-0.05, 0) is 12.3 Å². The molecule has 3 fully saturated rings. The van der Waals surface area contributed by atoms with Gasteiger partial charge in [-0.3, -0.25) is 0 Å². The molecule has 2 unspecified atom stereocenters. The molecule has 0 aromatic rings. The molecule has 3 atom stereocenters. The van der Waals surface area contributed by atoms with Gasteiger partial charge in [0.25, 0.3) is 0 Å². The molecule has 0 aromatic carbocycles. The third kappa shape index (κ3) is 0.367. The average molecular weight is 98.1 g/mol. The van der Waals surface area contributed by atoms with Crippen molar-refractivity contribution in [3.05, 3.63) is 0 Å². The van der Waals surface area contributed by atoms with Gasteiger partial charge >= 0.3 is 0 Å². The second-order valence-corrected chi connectivity index (χ2v) is 2.75. The normalized spacial score (nSPS) is 57.0. The zero-order valence-corrected chi connectivity index (χ0v) is 4.55. The van der Waals surface area contributed by atoms with Gasteiger partial charge in [-0.1, -0.05) is 6.92 Å². The van der Waals surface area contributed by atoms with Crippen molar-refractivity contribution in [3.8, 4) is 0 Å². The molecule has 2 aliphatic heterocycles. The highest BCUT2D eigenvalue weighted by molar-refractivity contribution is 4.91. The van der Waals surface area contributed by atoms with Crippen LogP contribution in [0.25, 0.3) is 0 Å². The second-order valence-electron chi connectivity index (χ2n) is 2.75. The summed E-state index contributed by atoms with van der Waals surface area (Å²) in [5.74, 6) is 0.866. The van der Waals surface area contributed by atoms with Crippen LogP contribution in [0.2, 0.25) is 0 Å². The minimum Gasteiger partial charge on any atom is -0.374 e. The summed E-state index contributed by atoms with van der Waals surface area (Å²) >= 11 is 0. The van der Waals surface area contributed by atoms with Crippen molar-refractivity contribution >= 4 is 0 Å². The Morgan fingerprint density at radius 3 is 2.29 bits per heavy atom. The minimum atomic E-state index is 0.657. The molecule has 1 saturated carbocycles. The summed E-state index contributed by atoms with van der Waals surface area (Å²) in [6.07, 6.45) is 4.00. The van der Waals surface area contributed by atoms with E-state index in [1.807, 2.05) is 0 Å². The topological polar surface area (TPSA) is 9.23 Å². The summed E-state index contributed by atoms with van der Waals surface area (Å²) in [6, 6.07) is 0. The van der Waals surface area contributed by atoms with Crippen LogP contribution in [0.15, 0.2) is 0 Å². The van der Waals surface area contributed by atoms with Gasteiger partial charge in [0.15, 0.2) is 0 Å². The standard InChI is InChI=1S/C6H10O/c1-4-2-5-3-6(4)7-5/h4-6H,2-3H2,1H3/t4?,5?,6-/m1/s1. The zero-order valence-electron chi connectivity index (χ0n) is 4.55. The van der Waals surface area contributed by atoms with Crippen LogP contribution in [0.1, 0.15) is 19.8 Å². The van der Waals surface area contributed by atoms with Crippen LogP contribution >= 0.6 is 0 Å². The van der Waals surface area contributed by atoms with Crippen LogP contribution in [0.5, 0.6) is 0 Å². The summed E-state index contributed by atoms with van der Waals surface area (Å²) in [7, 11) is 0. The monoisotopic (exact) mass is 98.1 g/mol. The van der Waals surface area contributed by atoms with Gasteiger partial charge in [0, 0.05) is 6.42 Å². The van der Waals surface area contributed by atoms with Crippen molar-refractivity contribution in [2.24, 2.45) is 5.92 Å². The van der Waals surface area contributed by atoms with Gasteiger partial charge in [0.05, 0.1) is 12.2 Å². The molecule has 0 amide bonds. The van der Waals surface area contributed by atoms with Gasteiger partial charge in [0.1, 0.15) is 0 Å². The molecule has 7 heavy (non-hydrogen) atoms. The predicted octanol–water partition coefficient (Wildman–Crippen LogP) is 1.18. The molecule has 2 saturated heterocycles. The lowest BCUT2D eigenvalue weighted by Gasteiger charge is -2.24. The Morgan fingerprint density at radius 2 is 2.14 bits per heavy atom. The summed E-state index contributed by atoms with van der Waals surface area (Å²) in [5, 5.41) is 0. The van der Waals surface area contributed by atoms with E-state index in [0.717, 1.165) is 5.92 Å². The molecular formula is C6H10O. The third-order valence-corrected chi connectivity index (χ3v) is 2.13. The maximum atomic E-state index is 5.36. The first kappa shape index (κ1) is 3.90. The Kier molecular flexibility index (Phi) is 0.571. The van der Waals surface area contributed by atoms with E-state index in [-0.39, 0.29) is 0 Å². The van der Waals surface area contributed by atoms with Gasteiger partial charge < -0.3 is 4.74 Å². The third-order valence-electron chi connectivity index (χ3n) is 2.13. The second kappa shape index (κ2) is 1.03. The van der Waals surface area contributed by atoms with Gasteiger partial charge in [0.2, 0.25) is 0 Å². The molecule has 0 N–H and O–H groups in total. The lowest BCUT2D eigenvalue weighted by Crippen LogP contribution is -2.27. The van der Waals surface area contributed by atoms with E-state index >= 15 is 0 Å². The predicted molar refractivity (Wildman–Crippen MR) is 27.1 cm³/mol. The van der Waals surface area contributed by atoms with Crippen molar-refractivity contribution in [2.75, 3.05) is 0 Å². The smallest absolute Gasteiger partial charge is 0.0630 e. The number of hydrogen-bond donors (Lipinski definition) is 0. The Labute approximate surface area is 43.7 Å². The lowest BCUT2D eigenvalue weighted by molar-refractivity contribution is -0.0730. The van der Waals surface area contributed by atoms with E-state index in [2.05, 4.69) is 6.92 Å². The van der Waals surface area contributed by atoms with Gasteiger partial charge in [-0.15, -0.1) is 0 Å². The maximum absolute atomic E-state index is 5.36. The van der Waals surface area contributed by atoms with E-state index in [1.54, 1.807) is 0 Å². The quantitative estimate of drug-likeness (QED) is 0.442. The molecule has 2 bridgehead atoms. The molecule has 1 nitrogen and oxygen atoms in total. The molecule has 1 aliphatic carbocycles. The molecule has 1 heteroatoms. The Hall–Kier alpha value is -0.0400. The van der Waals surface area contributed by atoms with Crippen LogP contribution in [0, 0.1) is 5.92 Å². The first-order valence-corrected chi connectivity index (χ1v) is 3.02. The van der Waals surface area contributed by atoms with Crippen LogP contribution in [-0.4, -0.2) is 12.2 Å². The van der Waals surface area contributed by atoms with E-state index in [9.17, 15) is 0 Å². The van der Waals surface area contributed by atoms with Crippen molar-refractivity contribution < 1.29 is 4.74 Å². The largest absolute Gasteiger partial charge is 0.374 e. The van der Waals surface area contributed by atoms with Crippen molar-refractivity contribution in [3.63, 3.8) is 0 Å². The Bertz CT molecular complexity index is 84.2. The van der Waals surface area contributed by atoms with Crippen LogP contribution < -0.4 is 0 Å². The molecule has 0 aromatic heterocycles. The summed E-state index contributed by atoms with van der Waals surface area (Å²) in [6.45, 7) is 2.28. The summed E-state index contributed by atoms with van der Waals surface area (Å²) in [5.41, 5.74) is 0. The molecule has 0 spiro atoms. The van der Waals surface area contributed by atoms with E-state index in [1.165, 1.54) is 12.8 Å². The first-order chi connectivity index (χ1) is 3.36. The highest BCUT2D eigenvalue weighted by Gasteiger charge is 2.42. The molecule has 3 rings (SSSR count). The molecule has 40 valence electrons. The molecular weight excluding hydrogens is 88.1 g/mol. The fourth-order valence-corrected chi connectivity index (χ4v) is 1.58. The highest BCUT2D eigenvalue weighted by Crippen LogP contribution is 2.40. The SMILES string of the molecule is CC1CC2C[C@H]1O2. The van der Waals surface area contributed by atoms with E-state index < -0.39 is 0 Å². The van der Waals surface area contributed by atoms with Crippen LogP contribution in [0.3, 0.4) is 0 Å². The van der Waals surface area contributed by atoms with E-state index in [4.69, 9.17) is 4.74 Å². The first-order valence-electron chi connectivity index (χ1n) is 3.02. The zero-order chi connectivity index (χ0) is 4.85. The van der Waals surface area contributed by atoms with Crippen LogP contribution in [0.4, 0.5) is 0 Å². The molecule has 2 heterocycles. The van der Waals surface area contributed by atoms with Crippen molar-refractivity contribution in [1.82, 2.24) is 0 Å². The maximum Gasteiger partial charge on any atom is 0.0630 e. The number of hydrogen-bond acceptors (Lipinski definition) is 1. The average Bonchev–Trinajstić information content (AvgIpc) is 1.85. The number of rotatable bonds is 0. The summed E-state index contributed by atoms with van der Waals surface area (Å²) < 4.78 is 5.36. The van der Waals surface area contributed by atoms with Crippen LogP contribution in [-0.2, 0) is 4.74 Å².